The molecule has 27 heavy (non-hydrogen) atoms. The molecule has 0 aliphatic rings. The molecule has 7 nitrogen and oxygen atoms in total. The summed E-state index contributed by atoms with van der Waals surface area (Å²) in [6.45, 7) is 5.09. The molecule has 1 heterocycles. The van der Waals surface area contributed by atoms with Gasteiger partial charge in [0.05, 0.1) is 28.2 Å². The van der Waals surface area contributed by atoms with Gasteiger partial charge in [0.1, 0.15) is 16.2 Å². The lowest BCUT2D eigenvalue weighted by Gasteiger charge is -2.13. The first-order chi connectivity index (χ1) is 12.7. The molecule has 0 amide bonds. The average molecular weight is 390 g/mol. The molecule has 3 aromatic rings. The Morgan fingerprint density at radius 2 is 1.89 bits per heavy atom. The van der Waals surface area contributed by atoms with Crippen molar-refractivity contribution in [3.05, 3.63) is 46.1 Å². The van der Waals surface area contributed by atoms with Crippen molar-refractivity contribution in [1.82, 2.24) is 0 Å². The number of hydrogen-bond donors (Lipinski definition) is 1. The molecule has 2 aromatic carbocycles. The Balaban J connectivity index is 2.49. The maximum atomic E-state index is 13.0. The van der Waals surface area contributed by atoms with Crippen molar-refractivity contribution in [2.75, 3.05) is 6.61 Å². The fourth-order valence-electron chi connectivity index (χ4n) is 2.75. The summed E-state index contributed by atoms with van der Waals surface area (Å²) in [7, 11) is -3.76. The van der Waals surface area contributed by atoms with Crippen LogP contribution in [0.1, 0.15) is 31.1 Å². The first-order valence-electron chi connectivity index (χ1n) is 8.31. The summed E-state index contributed by atoms with van der Waals surface area (Å²) >= 11 is 0. The molecule has 1 aromatic heterocycles. The maximum Gasteiger partial charge on any atom is 0.335 e. The third-order valence-electron chi connectivity index (χ3n) is 4.19. The van der Waals surface area contributed by atoms with Crippen LogP contribution in [0.4, 0.5) is 0 Å². The number of aromatic carboxylic acids is 1. The topological polar surface area (TPSA) is 111 Å². The number of carbonyl (C=O) groups is 1. The van der Waals surface area contributed by atoms with Gasteiger partial charge in [-0.1, -0.05) is 0 Å². The van der Waals surface area contributed by atoms with Crippen molar-refractivity contribution in [1.29, 1.82) is 0 Å². The monoisotopic (exact) mass is 390 g/mol. The molecule has 0 aliphatic heterocycles. The van der Waals surface area contributed by atoms with Gasteiger partial charge in [0.25, 0.3) is 0 Å². The first kappa shape index (κ1) is 18.9. The van der Waals surface area contributed by atoms with Crippen LogP contribution < -0.4 is 10.2 Å². The summed E-state index contributed by atoms with van der Waals surface area (Å²) in [6.07, 6.45) is 0. The molecule has 0 spiro atoms. The highest BCUT2D eigenvalue weighted by molar-refractivity contribution is 7.92. The van der Waals surface area contributed by atoms with E-state index < -0.39 is 26.5 Å². The molecule has 1 N–H and O–H groups in total. The molecule has 0 bridgehead atoms. The summed E-state index contributed by atoms with van der Waals surface area (Å²) in [6, 6.07) is 6.62. The van der Waals surface area contributed by atoms with Crippen molar-refractivity contribution in [2.24, 2.45) is 0 Å². The predicted octanol–water partition coefficient (Wildman–Crippen LogP) is 3.23. The maximum absolute atomic E-state index is 13.0. The zero-order chi connectivity index (χ0) is 19.9. The normalized spacial score (nSPS) is 12.0. The van der Waals surface area contributed by atoms with E-state index in [1.807, 2.05) is 0 Å². The van der Waals surface area contributed by atoms with Crippen LogP contribution in [0.5, 0.6) is 5.75 Å². The fourth-order valence-corrected chi connectivity index (χ4v) is 3.95. The molecular weight excluding hydrogens is 372 g/mol. The Bertz CT molecular complexity index is 1220. The second-order valence-electron chi connectivity index (χ2n) is 6.27. The van der Waals surface area contributed by atoms with Crippen LogP contribution in [-0.4, -0.2) is 31.4 Å². The van der Waals surface area contributed by atoms with Gasteiger partial charge in [-0.15, -0.1) is 0 Å². The molecule has 0 fully saturated rings. The second-order valence-corrected chi connectivity index (χ2v) is 8.74. The van der Waals surface area contributed by atoms with Crippen molar-refractivity contribution in [2.45, 2.75) is 30.9 Å². The van der Waals surface area contributed by atoms with Gasteiger partial charge in [0, 0.05) is 6.07 Å². The summed E-state index contributed by atoms with van der Waals surface area (Å²) in [5.74, 6) is -0.951. The number of benzene rings is 2. The minimum Gasteiger partial charge on any atom is -0.494 e. The molecule has 0 unspecified atom stereocenters. The smallest absolute Gasteiger partial charge is 0.335 e. The van der Waals surface area contributed by atoms with Gasteiger partial charge in [-0.05, 0) is 45.0 Å². The third-order valence-corrected chi connectivity index (χ3v) is 6.35. The van der Waals surface area contributed by atoms with Crippen LogP contribution >= 0.6 is 0 Å². The quantitative estimate of drug-likeness (QED) is 0.666. The number of ether oxygens (including phenoxy) is 1. The molecular formula is C19H18O7S. The van der Waals surface area contributed by atoms with Crippen LogP contribution in [0.2, 0.25) is 0 Å². The molecule has 8 heteroatoms. The standard InChI is InChI=1S/C19H18O7S/c1-4-25-12-8-14-17(20)13-7-11(19(21)22)5-6-15(13)26-18(14)16(9-12)27(23,24)10(2)3/h5-10H,4H2,1-3H3,(H,21,22). The van der Waals surface area contributed by atoms with Gasteiger partial charge in [-0.3, -0.25) is 4.79 Å². The van der Waals surface area contributed by atoms with E-state index in [1.165, 1.54) is 44.2 Å². The summed E-state index contributed by atoms with van der Waals surface area (Å²) in [4.78, 5) is 24.0. The summed E-state index contributed by atoms with van der Waals surface area (Å²) in [5, 5.41) is 8.50. The summed E-state index contributed by atoms with van der Waals surface area (Å²) < 4.78 is 36.8. The van der Waals surface area contributed by atoms with E-state index in [0.29, 0.717) is 0 Å². The van der Waals surface area contributed by atoms with E-state index >= 15 is 0 Å². The molecule has 3 rings (SSSR count). The molecule has 0 radical (unpaired) electrons. The highest BCUT2D eigenvalue weighted by Gasteiger charge is 2.26. The Labute approximate surface area is 155 Å². The summed E-state index contributed by atoms with van der Waals surface area (Å²) in [5.41, 5.74) is -0.532. The first-order valence-corrected chi connectivity index (χ1v) is 9.86. The number of hydrogen-bond acceptors (Lipinski definition) is 6. The SMILES string of the molecule is CCOc1cc(S(=O)(=O)C(C)C)c2oc3ccc(C(=O)O)cc3c(=O)c2c1. The van der Waals surface area contributed by atoms with Crippen LogP contribution in [-0.2, 0) is 9.84 Å². The van der Waals surface area contributed by atoms with Crippen molar-refractivity contribution < 1.29 is 27.5 Å². The van der Waals surface area contributed by atoms with Gasteiger partial charge in [0.15, 0.2) is 15.4 Å². The highest BCUT2D eigenvalue weighted by Crippen LogP contribution is 2.32. The van der Waals surface area contributed by atoms with Crippen LogP contribution in [0.15, 0.2) is 44.4 Å². The van der Waals surface area contributed by atoms with Crippen LogP contribution in [0, 0.1) is 0 Å². The fraction of sp³-hybridized carbons (Fsp3) is 0.263. The van der Waals surface area contributed by atoms with Gasteiger partial charge < -0.3 is 14.3 Å². The Kier molecular flexibility index (Phi) is 4.69. The second kappa shape index (κ2) is 6.70. The molecule has 0 atom stereocenters. The van der Waals surface area contributed by atoms with Gasteiger partial charge in [-0.2, -0.15) is 0 Å². The lowest BCUT2D eigenvalue weighted by molar-refractivity contribution is 0.0697. The minimum absolute atomic E-state index is 0.0233. The number of carboxylic acids is 1. The average Bonchev–Trinajstić information content (AvgIpc) is 2.61. The largest absolute Gasteiger partial charge is 0.494 e. The Morgan fingerprint density at radius 3 is 2.48 bits per heavy atom. The van der Waals surface area contributed by atoms with Crippen LogP contribution in [0.25, 0.3) is 21.9 Å². The van der Waals surface area contributed by atoms with E-state index in [9.17, 15) is 18.0 Å². The van der Waals surface area contributed by atoms with Crippen molar-refractivity contribution in [3.63, 3.8) is 0 Å². The van der Waals surface area contributed by atoms with Gasteiger partial charge in [-0.25, -0.2) is 13.2 Å². The van der Waals surface area contributed by atoms with Crippen LogP contribution in [0.3, 0.4) is 0 Å². The van der Waals surface area contributed by atoms with E-state index in [4.69, 9.17) is 14.3 Å². The predicted molar refractivity (Wildman–Crippen MR) is 100 cm³/mol. The Morgan fingerprint density at radius 1 is 1.19 bits per heavy atom. The van der Waals surface area contributed by atoms with E-state index in [0.717, 1.165) is 0 Å². The zero-order valence-electron chi connectivity index (χ0n) is 15.0. The van der Waals surface area contributed by atoms with Gasteiger partial charge in [0.2, 0.25) is 5.43 Å². The lowest BCUT2D eigenvalue weighted by Crippen LogP contribution is -2.16. The Hall–Kier alpha value is -2.87. The number of sulfone groups is 1. The number of rotatable bonds is 5. The lowest BCUT2D eigenvalue weighted by atomic mass is 10.1. The molecule has 0 saturated heterocycles. The number of carboxylic acid groups (broad SMARTS) is 1. The number of fused-ring (bicyclic) bond motifs is 2. The molecule has 0 saturated carbocycles. The third kappa shape index (κ3) is 3.16. The van der Waals surface area contributed by atoms with Crippen molar-refractivity contribution >= 4 is 37.7 Å². The zero-order valence-corrected chi connectivity index (χ0v) is 15.8. The highest BCUT2D eigenvalue weighted by atomic mass is 32.2. The van der Waals surface area contributed by atoms with E-state index in [1.54, 1.807) is 6.92 Å². The van der Waals surface area contributed by atoms with Crippen molar-refractivity contribution in [3.8, 4) is 5.75 Å². The van der Waals surface area contributed by atoms with E-state index in [2.05, 4.69) is 0 Å². The molecule has 142 valence electrons. The van der Waals surface area contributed by atoms with E-state index in [-0.39, 0.29) is 44.8 Å². The van der Waals surface area contributed by atoms with Gasteiger partial charge >= 0.3 is 5.97 Å². The minimum atomic E-state index is -3.76. The molecule has 0 aliphatic carbocycles.